The number of benzene rings is 2. The Morgan fingerprint density at radius 1 is 1.02 bits per heavy atom. The quantitative estimate of drug-likeness (QED) is 0.440. The van der Waals surface area contributed by atoms with Gasteiger partial charge in [-0.3, -0.25) is 14.5 Å². The van der Waals surface area contributed by atoms with Crippen LogP contribution in [0.4, 0.5) is 5.82 Å². The summed E-state index contributed by atoms with van der Waals surface area (Å²) in [5, 5.41) is 3.99. The molecule has 12 heteroatoms. The summed E-state index contributed by atoms with van der Waals surface area (Å²) in [4.78, 5) is 38.8. The lowest BCUT2D eigenvalue weighted by molar-refractivity contribution is -0.121. The van der Waals surface area contributed by atoms with Gasteiger partial charge in [-0.1, -0.05) is 13.0 Å². The molecule has 1 atom stereocenters. The number of para-hydroxylation sites is 1. The molecule has 1 aromatic heterocycles. The van der Waals surface area contributed by atoms with Gasteiger partial charge in [0, 0.05) is 69.3 Å². The van der Waals surface area contributed by atoms with Crippen molar-refractivity contribution in [2.24, 2.45) is 5.92 Å². The number of hydrogen-bond donors (Lipinski definition) is 1. The highest BCUT2D eigenvalue weighted by Gasteiger charge is 2.29. The summed E-state index contributed by atoms with van der Waals surface area (Å²) in [5.74, 6) is 3.63. The lowest BCUT2D eigenvalue weighted by atomic mass is 9.97. The summed E-state index contributed by atoms with van der Waals surface area (Å²) in [5.41, 5.74) is 2.26. The molecule has 12 nitrogen and oxygen atoms in total. The molecule has 1 unspecified atom stereocenters. The number of hydrogen-bond acceptors (Lipinski definition) is 10. The van der Waals surface area contributed by atoms with Gasteiger partial charge >= 0.3 is 0 Å². The molecule has 47 heavy (non-hydrogen) atoms. The van der Waals surface area contributed by atoms with Crippen LogP contribution >= 0.6 is 0 Å². The van der Waals surface area contributed by atoms with Crippen molar-refractivity contribution in [3.05, 3.63) is 41.5 Å². The third-order valence-electron chi connectivity index (χ3n) is 9.31. The molecule has 1 fully saturated rings. The molecule has 0 aliphatic carbocycles. The molecule has 2 bridgehead atoms. The number of methoxy groups -OCH3 is 3. The van der Waals surface area contributed by atoms with Crippen LogP contribution in [0.1, 0.15) is 42.1 Å². The summed E-state index contributed by atoms with van der Waals surface area (Å²) in [6.45, 7) is 7.87. The van der Waals surface area contributed by atoms with Crippen LogP contribution < -0.4 is 33.9 Å². The van der Waals surface area contributed by atoms with E-state index >= 15 is 0 Å². The Balaban J connectivity index is 1.38. The molecule has 2 amide bonds. The van der Waals surface area contributed by atoms with Crippen LogP contribution in [-0.4, -0.2) is 107 Å². The summed E-state index contributed by atoms with van der Waals surface area (Å²) < 4.78 is 28.8. The lowest BCUT2D eigenvalue weighted by Crippen LogP contribution is -2.42. The van der Waals surface area contributed by atoms with Crippen molar-refractivity contribution in [3.63, 3.8) is 0 Å². The predicted molar refractivity (Wildman–Crippen MR) is 178 cm³/mol. The number of piperidine rings is 1. The first-order valence-corrected chi connectivity index (χ1v) is 16.5. The van der Waals surface area contributed by atoms with E-state index in [9.17, 15) is 9.59 Å². The number of carbonyl (C=O) groups is 2. The molecule has 0 saturated carbocycles. The molecule has 0 spiro atoms. The molecule has 3 aliphatic heterocycles. The van der Waals surface area contributed by atoms with Gasteiger partial charge in [0.1, 0.15) is 19.0 Å². The zero-order valence-corrected chi connectivity index (χ0v) is 27.8. The standard InChI is InChI=1S/C35H45N5O7/c1-5-38-14-15-39(35(42)25-9-6-10-28-31(25)47-17-16-46-28)13-11-30(41)36-20-23-8-7-12-40(21-23)34-24(22-38)18-26-27(37-34)19-29(43-2)33(45-4)32(26)44-3/h6,9-10,18-19,23H,5,7-8,11-17,20-22H2,1-4H3,(H,36,41). The minimum Gasteiger partial charge on any atom is -0.493 e. The molecule has 252 valence electrons. The first kappa shape index (κ1) is 32.5. The van der Waals surface area contributed by atoms with E-state index in [1.165, 1.54) is 0 Å². The van der Waals surface area contributed by atoms with E-state index in [0.29, 0.717) is 80.2 Å². The van der Waals surface area contributed by atoms with Crippen molar-refractivity contribution in [1.29, 1.82) is 0 Å². The van der Waals surface area contributed by atoms with Crippen LogP contribution in [0.5, 0.6) is 28.7 Å². The van der Waals surface area contributed by atoms with Crippen LogP contribution in [0.15, 0.2) is 30.3 Å². The molecule has 1 N–H and O–H groups in total. The third kappa shape index (κ3) is 6.83. The van der Waals surface area contributed by atoms with E-state index in [-0.39, 0.29) is 24.2 Å². The second-order valence-electron chi connectivity index (χ2n) is 12.2. The molecule has 4 heterocycles. The normalized spacial score (nSPS) is 19.2. The summed E-state index contributed by atoms with van der Waals surface area (Å²) in [7, 11) is 4.83. The molecule has 2 aromatic carbocycles. The van der Waals surface area contributed by atoms with E-state index in [2.05, 4.69) is 28.1 Å². The lowest BCUT2D eigenvalue weighted by Gasteiger charge is -2.35. The second kappa shape index (κ2) is 14.5. The number of nitrogens with zero attached hydrogens (tertiary/aromatic N) is 4. The summed E-state index contributed by atoms with van der Waals surface area (Å²) in [6, 6.07) is 9.43. The van der Waals surface area contributed by atoms with Crippen molar-refractivity contribution < 1.29 is 33.3 Å². The first-order valence-electron chi connectivity index (χ1n) is 16.5. The predicted octanol–water partition coefficient (Wildman–Crippen LogP) is 3.73. The maximum absolute atomic E-state index is 14.0. The maximum Gasteiger partial charge on any atom is 0.257 e. The van der Waals surface area contributed by atoms with Gasteiger partial charge in [-0.15, -0.1) is 0 Å². The topological polar surface area (TPSA) is 115 Å². The van der Waals surface area contributed by atoms with E-state index in [4.69, 9.17) is 28.7 Å². The maximum atomic E-state index is 14.0. The van der Waals surface area contributed by atoms with E-state index in [1.807, 2.05) is 12.1 Å². The van der Waals surface area contributed by atoms with Crippen LogP contribution in [0.3, 0.4) is 0 Å². The fourth-order valence-corrected chi connectivity index (χ4v) is 6.80. The number of pyridine rings is 1. The van der Waals surface area contributed by atoms with Gasteiger partial charge in [0.15, 0.2) is 23.0 Å². The smallest absolute Gasteiger partial charge is 0.257 e. The Kier molecular flexibility index (Phi) is 10.1. The first-order chi connectivity index (χ1) is 22.9. The van der Waals surface area contributed by atoms with Gasteiger partial charge in [0.2, 0.25) is 11.7 Å². The van der Waals surface area contributed by atoms with E-state index in [1.54, 1.807) is 38.4 Å². The summed E-state index contributed by atoms with van der Waals surface area (Å²) in [6.07, 6.45) is 2.24. The van der Waals surface area contributed by atoms with Gasteiger partial charge in [-0.05, 0) is 43.5 Å². The number of fused-ring (bicyclic) bond motifs is 6. The molecule has 3 aliphatic rings. The van der Waals surface area contributed by atoms with Gasteiger partial charge in [0.05, 0.1) is 32.4 Å². The Hall–Kier alpha value is -4.45. The number of likely N-dealkylation sites (N-methyl/N-ethyl adjacent to an activating group) is 1. The van der Waals surface area contributed by atoms with Crippen molar-refractivity contribution in [2.75, 3.05) is 85.3 Å². The molecular weight excluding hydrogens is 602 g/mol. The Bertz CT molecular complexity index is 1620. The highest BCUT2D eigenvalue weighted by Crippen LogP contribution is 2.44. The molecular formula is C35H45N5O7. The largest absolute Gasteiger partial charge is 0.493 e. The SMILES string of the molecule is CCN1CCN(C(=O)c2cccc3c2OCCO3)CCC(=O)NCC2CCCN(C2)c2nc3cc(OC)c(OC)c(OC)c3cc2C1. The monoisotopic (exact) mass is 647 g/mol. The zero-order valence-electron chi connectivity index (χ0n) is 27.8. The fourth-order valence-electron chi connectivity index (χ4n) is 6.80. The Labute approximate surface area is 275 Å². The fraction of sp³-hybridized carbons (Fsp3) is 0.514. The van der Waals surface area contributed by atoms with Gasteiger partial charge in [-0.2, -0.15) is 0 Å². The van der Waals surface area contributed by atoms with Crippen molar-refractivity contribution in [2.45, 2.75) is 32.7 Å². The minimum absolute atomic E-state index is 0.0607. The van der Waals surface area contributed by atoms with Crippen LogP contribution in [-0.2, 0) is 11.3 Å². The summed E-state index contributed by atoms with van der Waals surface area (Å²) >= 11 is 0. The van der Waals surface area contributed by atoms with Crippen LogP contribution in [0.2, 0.25) is 0 Å². The molecule has 3 aromatic rings. The number of ether oxygens (including phenoxy) is 5. The average molecular weight is 648 g/mol. The number of anilines is 1. The third-order valence-corrected chi connectivity index (χ3v) is 9.31. The number of rotatable bonds is 5. The molecule has 6 rings (SSSR count). The molecule has 0 radical (unpaired) electrons. The van der Waals surface area contributed by atoms with E-state index in [0.717, 1.165) is 54.8 Å². The average Bonchev–Trinajstić information content (AvgIpc) is 3.11. The van der Waals surface area contributed by atoms with Crippen molar-refractivity contribution >= 4 is 28.5 Å². The number of amides is 2. The number of carbonyl (C=O) groups excluding carboxylic acids is 2. The van der Waals surface area contributed by atoms with Crippen LogP contribution in [0, 0.1) is 5.92 Å². The number of nitrogens with one attached hydrogen (secondary N) is 1. The highest BCUT2D eigenvalue weighted by molar-refractivity contribution is 5.98. The Morgan fingerprint density at radius 2 is 1.85 bits per heavy atom. The highest BCUT2D eigenvalue weighted by atomic mass is 16.6. The van der Waals surface area contributed by atoms with Crippen molar-refractivity contribution in [3.8, 4) is 28.7 Å². The minimum atomic E-state index is -0.179. The van der Waals surface area contributed by atoms with E-state index < -0.39 is 0 Å². The Morgan fingerprint density at radius 3 is 2.64 bits per heavy atom. The zero-order chi connectivity index (χ0) is 32.9. The van der Waals surface area contributed by atoms with Gasteiger partial charge in [-0.25, -0.2) is 4.98 Å². The number of aromatic nitrogens is 1. The van der Waals surface area contributed by atoms with Crippen LogP contribution in [0.25, 0.3) is 10.9 Å². The second-order valence-corrected chi connectivity index (χ2v) is 12.2. The van der Waals surface area contributed by atoms with Gasteiger partial charge < -0.3 is 38.8 Å². The van der Waals surface area contributed by atoms with Gasteiger partial charge in [0.25, 0.3) is 5.91 Å². The van der Waals surface area contributed by atoms with Crippen molar-refractivity contribution in [1.82, 2.24) is 20.1 Å². The molecule has 1 saturated heterocycles.